The van der Waals surface area contributed by atoms with Crippen LogP contribution in [0.25, 0.3) is 0 Å². The molecule has 1 atom stereocenters. The second-order valence-corrected chi connectivity index (χ2v) is 3.91. The second kappa shape index (κ2) is 4.92. The van der Waals surface area contributed by atoms with Gasteiger partial charge in [-0.1, -0.05) is 19.1 Å². The monoisotopic (exact) mass is 220 g/mol. The lowest BCUT2D eigenvalue weighted by Crippen LogP contribution is -2.35. The minimum atomic E-state index is -0.184. The molecule has 0 aromatic carbocycles. The number of nitrogens with one attached hydrogen (secondary N) is 2. The van der Waals surface area contributed by atoms with E-state index < -0.39 is 0 Å². The predicted octanol–water partition coefficient (Wildman–Crippen LogP) is 1.21. The van der Waals surface area contributed by atoms with Crippen LogP contribution in [-0.4, -0.2) is 27.1 Å². The lowest BCUT2D eigenvalue weighted by molar-refractivity contribution is 0.0924. The number of aromatic amines is 1. The van der Waals surface area contributed by atoms with Crippen molar-refractivity contribution in [3.63, 3.8) is 0 Å². The third-order valence-electron chi connectivity index (χ3n) is 2.67. The van der Waals surface area contributed by atoms with Crippen LogP contribution in [-0.2, 0) is 6.42 Å². The maximum absolute atomic E-state index is 11.8. The summed E-state index contributed by atoms with van der Waals surface area (Å²) in [5, 5.41) is 9.56. The first-order valence-corrected chi connectivity index (χ1v) is 5.66. The maximum atomic E-state index is 11.8. The van der Waals surface area contributed by atoms with Crippen molar-refractivity contribution in [2.24, 2.45) is 0 Å². The summed E-state index contributed by atoms with van der Waals surface area (Å²) in [6, 6.07) is 0.223. The lowest BCUT2D eigenvalue weighted by atomic mass is 10.0. The van der Waals surface area contributed by atoms with Gasteiger partial charge in [0.2, 0.25) is 5.82 Å². The van der Waals surface area contributed by atoms with Crippen LogP contribution in [0, 0.1) is 0 Å². The molecule has 16 heavy (non-hydrogen) atoms. The van der Waals surface area contributed by atoms with E-state index in [0.717, 1.165) is 31.5 Å². The number of carbonyl (C=O) groups excluding carboxylic acids is 1. The van der Waals surface area contributed by atoms with Gasteiger partial charge in [-0.05, 0) is 19.3 Å². The first-order chi connectivity index (χ1) is 7.79. The number of hydrogen-bond donors (Lipinski definition) is 2. The minimum absolute atomic E-state index is 0.184. The van der Waals surface area contributed by atoms with E-state index in [2.05, 4.69) is 32.7 Å². The summed E-state index contributed by atoms with van der Waals surface area (Å²) >= 11 is 0. The van der Waals surface area contributed by atoms with Gasteiger partial charge < -0.3 is 5.32 Å². The second-order valence-electron chi connectivity index (χ2n) is 3.91. The SMILES string of the molecule is CCc1nc(C(=O)NC2CC=CCC2)n[nH]1. The molecule has 0 radical (unpaired) electrons. The Morgan fingerprint density at radius 3 is 3.12 bits per heavy atom. The fourth-order valence-corrected chi connectivity index (χ4v) is 1.73. The Morgan fingerprint density at radius 1 is 1.62 bits per heavy atom. The smallest absolute Gasteiger partial charge is 0.291 e. The van der Waals surface area contributed by atoms with Crippen molar-refractivity contribution in [2.75, 3.05) is 0 Å². The molecule has 1 aliphatic rings. The molecule has 0 bridgehead atoms. The molecule has 1 amide bonds. The number of H-pyrrole nitrogens is 1. The molecule has 1 aromatic rings. The number of aromatic nitrogens is 3. The first-order valence-electron chi connectivity index (χ1n) is 5.66. The number of allylic oxidation sites excluding steroid dienone is 1. The van der Waals surface area contributed by atoms with Crippen molar-refractivity contribution in [1.29, 1.82) is 0 Å². The average Bonchev–Trinajstić information content (AvgIpc) is 2.79. The van der Waals surface area contributed by atoms with Crippen LogP contribution in [0.2, 0.25) is 0 Å². The largest absolute Gasteiger partial charge is 0.346 e. The average molecular weight is 220 g/mol. The van der Waals surface area contributed by atoms with E-state index in [-0.39, 0.29) is 17.8 Å². The van der Waals surface area contributed by atoms with Crippen LogP contribution in [0.5, 0.6) is 0 Å². The Bertz CT molecular complexity index is 396. The molecule has 2 rings (SSSR count). The highest BCUT2D eigenvalue weighted by Gasteiger charge is 2.17. The Labute approximate surface area is 94.3 Å². The molecule has 1 unspecified atom stereocenters. The van der Waals surface area contributed by atoms with E-state index >= 15 is 0 Å². The van der Waals surface area contributed by atoms with Crippen LogP contribution in [0.4, 0.5) is 0 Å². The summed E-state index contributed by atoms with van der Waals surface area (Å²) in [4.78, 5) is 15.9. The summed E-state index contributed by atoms with van der Waals surface area (Å²) in [6.07, 6.45) is 7.92. The lowest BCUT2D eigenvalue weighted by Gasteiger charge is -2.18. The molecule has 0 saturated carbocycles. The molecule has 0 saturated heterocycles. The Balaban J connectivity index is 1.94. The van der Waals surface area contributed by atoms with Crippen molar-refractivity contribution in [1.82, 2.24) is 20.5 Å². The summed E-state index contributed by atoms with van der Waals surface area (Å²) in [7, 11) is 0. The highest BCUT2D eigenvalue weighted by Crippen LogP contribution is 2.10. The Hall–Kier alpha value is -1.65. The van der Waals surface area contributed by atoms with Crippen molar-refractivity contribution >= 4 is 5.91 Å². The van der Waals surface area contributed by atoms with Crippen molar-refractivity contribution in [3.8, 4) is 0 Å². The molecule has 1 heterocycles. The summed E-state index contributed by atoms with van der Waals surface area (Å²) < 4.78 is 0. The summed E-state index contributed by atoms with van der Waals surface area (Å²) in [6.45, 7) is 1.97. The zero-order valence-electron chi connectivity index (χ0n) is 9.36. The standard InChI is InChI=1S/C11H16N4O/c1-2-9-13-10(15-14-9)11(16)12-8-6-4-3-5-7-8/h3-4,8H,2,5-7H2,1H3,(H,12,16)(H,13,14,15). The van der Waals surface area contributed by atoms with Gasteiger partial charge in [0.15, 0.2) is 0 Å². The Kier molecular flexibility index (Phi) is 3.34. The molecule has 0 fully saturated rings. The van der Waals surface area contributed by atoms with Gasteiger partial charge in [-0.3, -0.25) is 9.89 Å². The third-order valence-corrected chi connectivity index (χ3v) is 2.67. The summed E-state index contributed by atoms with van der Waals surface area (Å²) in [5.74, 6) is 0.802. The van der Waals surface area contributed by atoms with Gasteiger partial charge in [-0.15, -0.1) is 5.10 Å². The van der Waals surface area contributed by atoms with Crippen LogP contribution in [0.1, 0.15) is 42.6 Å². The van der Waals surface area contributed by atoms with Gasteiger partial charge in [0.1, 0.15) is 5.82 Å². The third kappa shape index (κ3) is 2.48. The molecule has 86 valence electrons. The number of nitrogens with zero attached hydrogens (tertiary/aromatic N) is 2. The topological polar surface area (TPSA) is 70.7 Å². The minimum Gasteiger partial charge on any atom is -0.346 e. The maximum Gasteiger partial charge on any atom is 0.291 e. The zero-order valence-corrected chi connectivity index (χ0v) is 9.36. The van der Waals surface area contributed by atoms with Crippen LogP contribution < -0.4 is 5.32 Å². The molecule has 5 nitrogen and oxygen atoms in total. The van der Waals surface area contributed by atoms with Gasteiger partial charge in [0.25, 0.3) is 5.91 Å². The van der Waals surface area contributed by atoms with Gasteiger partial charge in [-0.2, -0.15) is 0 Å². The van der Waals surface area contributed by atoms with E-state index in [1.807, 2.05) is 6.92 Å². The number of amides is 1. The molecule has 0 spiro atoms. The molecule has 5 heteroatoms. The van der Waals surface area contributed by atoms with E-state index in [1.54, 1.807) is 0 Å². The van der Waals surface area contributed by atoms with Gasteiger partial charge in [0.05, 0.1) is 0 Å². The molecular weight excluding hydrogens is 204 g/mol. The quantitative estimate of drug-likeness (QED) is 0.752. The normalized spacial score (nSPS) is 19.7. The first kappa shape index (κ1) is 10.9. The zero-order chi connectivity index (χ0) is 11.4. The Morgan fingerprint density at radius 2 is 2.50 bits per heavy atom. The molecule has 1 aliphatic carbocycles. The van der Waals surface area contributed by atoms with Gasteiger partial charge in [0, 0.05) is 12.5 Å². The number of aryl methyl sites for hydroxylation is 1. The number of rotatable bonds is 3. The fourth-order valence-electron chi connectivity index (χ4n) is 1.73. The molecule has 2 N–H and O–H groups in total. The van der Waals surface area contributed by atoms with Crippen molar-refractivity contribution in [2.45, 2.75) is 38.6 Å². The van der Waals surface area contributed by atoms with Crippen molar-refractivity contribution in [3.05, 3.63) is 23.8 Å². The number of hydrogen-bond acceptors (Lipinski definition) is 3. The summed E-state index contributed by atoms with van der Waals surface area (Å²) in [5.41, 5.74) is 0. The van der Waals surface area contributed by atoms with Crippen molar-refractivity contribution < 1.29 is 4.79 Å². The molecular formula is C11H16N4O. The van der Waals surface area contributed by atoms with Gasteiger partial charge in [-0.25, -0.2) is 4.98 Å². The molecule has 1 aromatic heterocycles. The predicted molar refractivity (Wildman–Crippen MR) is 60.0 cm³/mol. The van der Waals surface area contributed by atoms with E-state index in [4.69, 9.17) is 0 Å². The fraction of sp³-hybridized carbons (Fsp3) is 0.545. The van der Waals surface area contributed by atoms with E-state index in [1.165, 1.54) is 0 Å². The highest BCUT2D eigenvalue weighted by atomic mass is 16.2. The number of carbonyl (C=O) groups is 1. The van der Waals surface area contributed by atoms with Gasteiger partial charge >= 0.3 is 0 Å². The van der Waals surface area contributed by atoms with E-state index in [0.29, 0.717) is 0 Å². The van der Waals surface area contributed by atoms with E-state index in [9.17, 15) is 4.79 Å². The van der Waals surface area contributed by atoms with Crippen LogP contribution >= 0.6 is 0 Å². The highest BCUT2D eigenvalue weighted by molar-refractivity contribution is 5.90. The van der Waals surface area contributed by atoms with Crippen LogP contribution in [0.15, 0.2) is 12.2 Å². The van der Waals surface area contributed by atoms with Crippen LogP contribution in [0.3, 0.4) is 0 Å². The molecule has 0 aliphatic heterocycles.